The van der Waals surface area contributed by atoms with Gasteiger partial charge in [0.1, 0.15) is 0 Å². The van der Waals surface area contributed by atoms with Gasteiger partial charge in [-0.15, -0.1) is 0 Å². The van der Waals surface area contributed by atoms with Gasteiger partial charge < -0.3 is 10.4 Å². The second-order valence-corrected chi connectivity index (χ2v) is 4.91. The molecule has 0 aliphatic heterocycles. The Morgan fingerprint density at radius 3 is 2.19 bits per heavy atom. The molecule has 4 nitrogen and oxygen atoms in total. The van der Waals surface area contributed by atoms with Crippen LogP contribution < -0.4 is 5.32 Å². The fraction of sp³-hybridized carbons (Fsp3) is 0. The predicted molar refractivity (Wildman–Crippen MR) is 75.4 cm³/mol. The Bertz CT molecular complexity index is 734. The average Bonchev–Trinajstić information content (AvgIpc) is 2.43. The number of halogens is 3. The molecule has 0 atom stereocenters. The lowest BCUT2D eigenvalue weighted by Crippen LogP contribution is -2.17. The normalized spacial score (nSPS) is 10.2. The second-order valence-electron chi connectivity index (χ2n) is 4.05. The summed E-state index contributed by atoms with van der Waals surface area (Å²) in [4.78, 5) is 23.1. The molecule has 2 aromatic rings. The minimum Gasteiger partial charge on any atom is -0.478 e. The van der Waals surface area contributed by atoms with Crippen LogP contribution in [0, 0.1) is 11.6 Å². The van der Waals surface area contributed by atoms with Crippen molar-refractivity contribution in [2.45, 2.75) is 0 Å². The minimum atomic E-state index is -1.52. The maximum atomic E-state index is 13.2. The molecule has 0 bridgehead atoms. The maximum Gasteiger partial charge on any atom is 0.336 e. The molecule has 0 saturated carbocycles. The van der Waals surface area contributed by atoms with E-state index in [-0.39, 0.29) is 0 Å². The number of carbonyl (C=O) groups excluding carboxylic acids is 1. The highest BCUT2D eigenvalue weighted by Gasteiger charge is 2.21. The first-order valence-corrected chi connectivity index (χ1v) is 6.47. The first kappa shape index (κ1) is 15.1. The molecule has 0 fully saturated rings. The van der Waals surface area contributed by atoms with Crippen LogP contribution in [-0.4, -0.2) is 17.0 Å². The lowest BCUT2D eigenvalue weighted by molar-refractivity contribution is 0.0691. The van der Waals surface area contributed by atoms with E-state index in [0.717, 1.165) is 0 Å². The molecule has 1 amide bonds. The largest absolute Gasteiger partial charge is 0.478 e. The summed E-state index contributed by atoms with van der Waals surface area (Å²) >= 11 is 3.21. The molecule has 7 heteroatoms. The lowest BCUT2D eigenvalue weighted by atomic mass is 10.1. The molecule has 0 aliphatic carbocycles. The number of aromatic carboxylic acids is 1. The molecule has 2 N–H and O–H groups in total. The van der Waals surface area contributed by atoms with Gasteiger partial charge in [0.25, 0.3) is 5.91 Å². The molecule has 2 rings (SSSR count). The van der Waals surface area contributed by atoms with E-state index in [9.17, 15) is 18.4 Å². The van der Waals surface area contributed by atoms with E-state index in [4.69, 9.17) is 5.11 Å². The zero-order chi connectivity index (χ0) is 15.6. The van der Waals surface area contributed by atoms with Crippen molar-refractivity contribution in [3.63, 3.8) is 0 Å². The van der Waals surface area contributed by atoms with E-state index in [1.165, 1.54) is 0 Å². The Morgan fingerprint density at radius 2 is 1.62 bits per heavy atom. The van der Waals surface area contributed by atoms with Crippen LogP contribution in [0.3, 0.4) is 0 Å². The van der Waals surface area contributed by atoms with Crippen molar-refractivity contribution in [1.82, 2.24) is 0 Å². The van der Waals surface area contributed by atoms with Crippen LogP contribution in [0.1, 0.15) is 20.7 Å². The van der Waals surface area contributed by atoms with Crippen LogP contribution in [-0.2, 0) is 0 Å². The Kier molecular flexibility index (Phi) is 4.32. The minimum absolute atomic E-state index is 0.378. The van der Waals surface area contributed by atoms with Crippen molar-refractivity contribution in [3.05, 3.63) is 63.6 Å². The summed E-state index contributed by atoms with van der Waals surface area (Å²) in [5, 5.41) is 11.4. The monoisotopic (exact) mass is 355 g/mol. The predicted octanol–water partition coefficient (Wildman–Crippen LogP) is 3.68. The number of anilines is 1. The average molecular weight is 356 g/mol. The molecule has 0 unspecified atom stereocenters. The number of hydrogen-bond acceptors (Lipinski definition) is 2. The molecule has 0 spiro atoms. The molecule has 0 saturated heterocycles. The van der Waals surface area contributed by atoms with Gasteiger partial charge in [0, 0.05) is 4.47 Å². The summed E-state index contributed by atoms with van der Waals surface area (Å²) in [6.07, 6.45) is 0. The molecule has 108 valence electrons. The molecule has 0 aromatic heterocycles. The zero-order valence-corrected chi connectivity index (χ0v) is 11.9. The summed E-state index contributed by atoms with van der Waals surface area (Å²) in [6.45, 7) is 0. The third-order valence-electron chi connectivity index (χ3n) is 2.66. The Morgan fingerprint density at radius 1 is 1.05 bits per heavy atom. The van der Waals surface area contributed by atoms with Crippen molar-refractivity contribution in [1.29, 1.82) is 0 Å². The number of benzene rings is 2. The summed E-state index contributed by atoms with van der Waals surface area (Å²) < 4.78 is 26.9. The number of para-hydroxylation sites is 1. The molecular formula is C14H8BrF2NO3. The standard InChI is InChI=1S/C14H8BrF2NO3/c15-9-3-1-2-4-12(9)18-13(19)7-5-10(16)11(17)6-8(7)14(20)21/h1-6H,(H,18,19)(H,20,21). The number of rotatable bonds is 3. The van der Waals surface area contributed by atoms with E-state index in [0.29, 0.717) is 22.3 Å². The van der Waals surface area contributed by atoms with Gasteiger partial charge in [-0.05, 0) is 40.2 Å². The van der Waals surface area contributed by atoms with Gasteiger partial charge in [0.2, 0.25) is 0 Å². The van der Waals surface area contributed by atoms with Crippen LogP contribution in [0.4, 0.5) is 14.5 Å². The molecule has 0 aliphatic rings. The van der Waals surface area contributed by atoms with Crippen molar-refractivity contribution in [3.8, 4) is 0 Å². The number of hydrogen-bond donors (Lipinski definition) is 2. The highest BCUT2D eigenvalue weighted by Crippen LogP contribution is 2.23. The first-order valence-electron chi connectivity index (χ1n) is 5.68. The summed E-state index contributed by atoms with van der Waals surface area (Å²) in [7, 11) is 0. The Labute approximate surface area is 126 Å². The molecule has 21 heavy (non-hydrogen) atoms. The first-order chi connectivity index (χ1) is 9.90. The highest BCUT2D eigenvalue weighted by molar-refractivity contribution is 9.10. The van der Waals surface area contributed by atoms with Gasteiger partial charge in [0.05, 0.1) is 16.8 Å². The lowest BCUT2D eigenvalue weighted by Gasteiger charge is -2.09. The second kappa shape index (κ2) is 6.01. The van der Waals surface area contributed by atoms with E-state index in [1.807, 2.05) is 0 Å². The topological polar surface area (TPSA) is 66.4 Å². The SMILES string of the molecule is O=C(O)c1cc(F)c(F)cc1C(=O)Nc1ccccc1Br. The van der Waals surface area contributed by atoms with Gasteiger partial charge in [-0.3, -0.25) is 4.79 Å². The fourth-order valence-electron chi connectivity index (χ4n) is 1.66. The van der Waals surface area contributed by atoms with Crippen molar-refractivity contribution in [2.24, 2.45) is 0 Å². The number of amides is 1. The molecule has 2 aromatic carbocycles. The molecular weight excluding hydrogens is 348 g/mol. The van der Waals surface area contributed by atoms with E-state index >= 15 is 0 Å². The van der Waals surface area contributed by atoms with E-state index < -0.39 is 34.6 Å². The number of carbonyl (C=O) groups is 2. The van der Waals surface area contributed by atoms with Crippen LogP contribution >= 0.6 is 15.9 Å². The van der Waals surface area contributed by atoms with Crippen molar-refractivity contribution < 1.29 is 23.5 Å². The van der Waals surface area contributed by atoms with Crippen LogP contribution in [0.15, 0.2) is 40.9 Å². The maximum absolute atomic E-state index is 13.2. The van der Waals surface area contributed by atoms with Gasteiger partial charge in [-0.25, -0.2) is 13.6 Å². The van der Waals surface area contributed by atoms with Crippen LogP contribution in [0.5, 0.6) is 0 Å². The number of carboxylic acids is 1. The molecule has 0 heterocycles. The number of nitrogens with one attached hydrogen (secondary N) is 1. The smallest absolute Gasteiger partial charge is 0.336 e. The summed E-state index contributed by atoms with van der Waals surface area (Å²) in [5.74, 6) is -4.99. The summed E-state index contributed by atoms with van der Waals surface area (Å²) in [5.41, 5.74) is -0.695. The van der Waals surface area contributed by atoms with E-state index in [1.54, 1.807) is 24.3 Å². The third kappa shape index (κ3) is 3.25. The summed E-state index contributed by atoms with van der Waals surface area (Å²) in [6, 6.07) is 7.66. The Hall–Kier alpha value is -2.28. The van der Waals surface area contributed by atoms with Crippen LogP contribution in [0.2, 0.25) is 0 Å². The quantitative estimate of drug-likeness (QED) is 0.882. The third-order valence-corrected chi connectivity index (χ3v) is 3.35. The van der Waals surface area contributed by atoms with E-state index in [2.05, 4.69) is 21.2 Å². The van der Waals surface area contributed by atoms with Gasteiger partial charge in [-0.1, -0.05) is 12.1 Å². The van der Waals surface area contributed by atoms with Gasteiger partial charge in [-0.2, -0.15) is 0 Å². The zero-order valence-electron chi connectivity index (χ0n) is 10.4. The number of carboxylic acid groups (broad SMARTS) is 1. The molecule has 0 radical (unpaired) electrons. The fourth-order valence-corrected chi connectivity index (χ4v) is 2.05. The van der Waals surface area contributed by atoms with Crippen molar-refractivity contribution in [2.75, 3.05) is 5.32 Å². The van der Waals surface area contributed by atoms with Crippen molar-refractivity contribution >= 4 is 33.5 Å². The van der Waals surface area contributed by atoms with Crippen LogP contribution in [0.25, 0.3) is 0 Å². The highest BCUT2D eigenvalue weighted by atomic mass is 79.9. The Balaban J connectivity index is 2.42. The van der Waals surface area contributed by atoms with Gasteiger partial charge in [0.15, 0.2) is 11.6 Å². The van der Waals surface area contributed by atoms with Gasteiger partial charge >= 0.3 is 5.97 Å².